The van der Waals surface area contributed by atoms with E-state index in [1.54, 1.807) is 0 Å². The van der Waals surface area contributed by atoms with E-state index in [4.69, 9.17) is 0 Å². The maximum absolute atomic E-state index is 4.15. The van der Waals surface area contributed by atoms with Crippen LogP contribution in [-0.2, 0) is 19.5 Å². The molecule has 0 bridgehead atoms. The van der Waals surface area contributed by atoms with Crippen molar-refractivity contribution in [3.8, 4) is 0 Å². The molecule has 0 amide bonds. The minimum atomic E-state index is 0.950. The van der Waals surface area contributed by atoms with Crippen LogP contribution in [0.2, 0.25) is 0 Å². The summed E-state index contributed by atoms with van der Waals surface area (Å²) in [6.45, 7) is 8.17. The van der Waals surface area contributed by atoms with Crippen LogP contribution in [0.5, 0.6) is 0 Å². The van der Waals surface area contributed by atoms with E-state index in [9.17, 15) is 0 Å². The van der Waals surface area contributed by atoms with Gasteiger partial charge >= 0.3 is 0 Å². The third kappa shape index (κ3) is 2.12. The van der Waals surface area contributed by atoms with Gasteiger partial charge in [0.15, 0.2) is 0 Å². The molecule has 0 unspecified atom stereocenters. The van der Waals surface area contributed by atoms with Gasteiger partial charge < -0.3 is 4.57 Å². The van der Waals surface area contributed by atoms with Crippen LogP contribution < -0.4 is 0 Å². The van der Waals surface area contributed by atoms with Crippen molar-refractivity contribution < 1.29 is 0 Å². The van der Waals surface area contributed by atoms with Crippen molar-refractivity contribution in [3.63, 3.8) is 0 Å². The zero-order chi connectivity index (χ0) is 10.6. The molecular formula is C10H20N4. The Kier molecular flexibility index (Phi) is 4.07. The molecule has 1 aliphatic heterocycles. The number of fused-ring (bicyclic) bond motifs is 1. The number of nitrogens with zero attached hydrogens (tertiary/aromatic N) is 4. The molecule has 1 aliphatic rings. The average Bonchev–Trinajstić information content (AvgIpc) is 2.63. The summed E-state index contributed by atoms with van der Waals surface area (Å²) in [6.07, 6.45) is 2.00. The van der Waals surface area contributed by atoms with Crippen LogP contribution in [0.4, 0.5) is 0 Å². The minimum Gasteiger partial charge on any atom is -0.301 e. The molecule has 0 aromatic carbocycles. The Labute approximate surface area is 85.9 Å². The summed E-state index contributed by atoms with van der Waals surface area (Å²) in [5.41, 5.74) is 0. The number of aromatic nitrogens is 3. The molecule has 80 valence electrons. The molecule has 1 aromatic rings. The molecule has 2 rings (SSSR count). The highest BCUT2D eigenvalue weighted by molar-refractivity contribution is 4.98. The SMILES string of the molecule is CC.CCc1nnc2n1CN(C)CC2. The quantitative estimate of drug-likeness (QED) is 0.679. The van der Waals surface area contributed by atoms with E-state index in [0.717, 1.165) is 37.7 Å². The molecular weight excluding hydrogens is 176 g/mol. The maximum Gasteiger partial charge on any atom is 0.135 e. The largest absolute Gasteiger partial charge is 0.301 e. The van der Waals surface area contributed by atoms with Gasteiger partial charge in [-0.15, -0.1) is 10.2 Å². The van der Waals surface area contributed by atoms with Crippen molar-refractivity contribution >= 4 is 0 Å². The van der Waals surface area contributed by atoms with E-state index in [0.29, 0.717) is 0 Å². The highest BCUT2D eigenvalue weighted by Crippen LogP contribution is 2.10. The molecule has 4 heteroatoms. The molecule has 0 radical (unpaired) electrons. The molecule has 1 aromatic heterocycles. The second-order valence-corrected chi connectivity index (χ2v) is 3.29. The minimum absolute atomic E-state index is 0.950. The van der Waals surface area contributed by atoms with Gasteiger partial charge in [-0.25, -0.2) is 0 Å². The highest BCUT2D eigenvalue weighted by atomic mass is 15.4. The summed E-state index contributed by atoms with van der Waals surface area (Å²) < 4.78 is 2.21. The van der Waals surface area contributed by atoms with Crippen molar-refractivity contribution in [1.29, 1.82) is 0 Å². The molecule has 0 aliphatic carbocycles. The third-order valence-corrected chi connectivity index (χ3v) is 2.32. The fraction of sp³-hybridized carbons (Fsp3) is 0.800. The molecule has 0 spiro atoms. The Morgan fingerprint density at radius 2 is 2.00 bits per heavy atom. The van der Waals surface area contributed by atoms with E-state index < -0.39 is 0 Å². The van der Waals surface area contributed by atoms with Crippen molar-refractivity contribution in [2.24, 2.45) is 0 Å². The van der Waals surface area contributed by atoms with Crippen LogP contribution in [0.15, 0.2) is 0 Å². The zero-order valence-electron chi connectivity index (χ0n) is 9.62. The Hall–Kier alpha value is -0.900. The van der Waals surface area contributed by atoms with Crippen LogP contribution in [0, 0.1) is 0 Å². The number of hydrogen-bond donors (Lipinski definition) is 0. The molecule has 0 N–H and O–H groups in total. The van der Waals surface area contributed by atoms with E-state index in [1.165, 1.54) is 0 Å². The summed E-state index contributed by atoms with van der Waals surface area (Å²) in [4.78, 5) is 2.29. The van der Waals surface area contributed by atoms with E-state index in [1.807, 2.05) is 13.8 Å². The van der Waals surface area contributed by atoms with Crippen LogP contribution >= 0.6 is 0 Å². The monoisotopic (exact) mass is 196 g/mol. The Morgan fingerprint density at radius 1 is 1.29 bits per heavy atom. The van der Waals surface area contributed by atoms with Crippen LogP contribution in [0.25, 0.3) is 0 Å². The fourth-order valence-corrected chi connectivity index (χ4v) is 1.59. The number of aryl methyl sites for hydroxylation is 1. The summed E-state index contributed by atoms with van der Waals surface area (Å²) in [6, 6.07) is 0. The summed E-state index contributed by atoms with van der Waals surface area (Å²) in [5.74, 6) is 2.25. The van der Waals surface area contributed by atoms with E-state index in [-0.39, 0.29) is 0 Å². The Balaban J connectivity index is 0.000000461. The third-order valence-electron chi connectivity index (χ3n) is 2.32. The average molecular weight is 196 g/mol. The normalized spacial score (nSPS) is 15.7. The van der Waals surface area contributed by atoms with Crippen molar-refractivity contribution in [2.45, 2.75) is 40.3 Å². The van der Waals surface area contributed by atoms with Crippen LogP contribution in [-0.4, -0.2) is 33.3 Å². The molecule has 0 fully saturated rings. The standard InChI is InChI=1S/C8H14N4.C2H6/c1-3-7-9-10-8-4-5-11(2)6-12(7)8;1-2/h3-6H2,1-2H3;1-2H3. The lowest BCUT2D eigenvalue weighted by atomic mass is 10.3. The van der Waals surface area contributed by atoms with Gasteiger partial charge in [-0.2, -0.15) is 0 Å². The molecule has 0 atom stereocenters. The maximum atomic E-state index is 4.15. The van der Waals surface area contributed by atoms with Gasteiger partial charge in [-0.1, -0.05) is 20.8 Å². The van der Waals surface area contributed by atoms with Crippen LogP contribution in [0.1, 0.15) is 32.4 Å². The lowest BCUT2D eigenvalue weighted by Gasteiger charge is -2.24. The van der Waals surface area contributed by atoms with Crippen molar-refractivity contribution in [2.75, 3.05) is 13.6 Å². The van der Waals surface area contributed by atoms with Gasteiger partial charge in [0.05, 0.1) is 6.67 Å². The van der Waals surface area contributed by atoms with Gasteiger partial charge in [0.2, 0.25) is 0 Å². The molecule has 0 saturated heterocycles. The second kappa shape index (κ2) is 5.10. The topological polar surface area (TPSA) is 34.0 Å². The lowest BCUT2D eigenvalue weighted by molar-refractivity contribution is 0.233. The summed E-state index contributed by atoms with van der Waals surface area (Å²) >= 11 is 0. The van der Waals surface area contributed by atoms with Gasteiger partial charge in [0.1, 0.15) is 11.6 Å². The Bertz CT molecular complexity index is 266. The predicted octanol–water partition coefficient (Wildman–Crippen LogP) is 1.31. The predicted molar refractivity (Wildman–Crippen MR) is 57.1 cm³/mol. The molecule has 0 saturated carbocycles. The fourth-order valence-electron chi connectivity index (χ4n) is 1.59. The first-order chi connectivity index (χ1) is 6.81. The van der Waals surface area contributed by atoms with Crippen molar-refractivity contribution in [1.82, 2.24) is 19.7 Å². The first-order valence-corrected chi connectivity index (χ1v) is 5.40. The van der Waals surface area contributed by atoms with Gasteiger partial charge in [0.25, 0.3) is 0 Å². The van der Waals surface area contributed by atoms with Gasteiger partial charge in [0, 0.05) is 19.4 Å². The number of likely N-dealkylation sites (N-methyl/N-ethyl adjacent to an activating group) is 1. The smallest absolute Gasteiger partial charge is 0.135 e. The van der Waals surface area contributed by atoms with E-state index in [2.05, 4.69) is 33.6 Å². The first kappa shape index (κ1) is 11.2. The second-order valence-electron chi connectivity index (χ2n) is 3.29. The van der Waals surface area contributed by atoms with Crippen LogP contribution in [0.3, 0.4) is 0 Å². The van der Waals surface area contributed by atoms with E-state index >= 15 is 0 Å². The lowest BCUT2D eigenvalue weighted by Crippen LogP contribution is -2.31. The van der Waals surface area contributed by atoms with Crippen molar-refractivity contribution in [3.05, 3.63) is 11.6 Å². The zero-order valence-corrected chi connectivity index (χ0v) is 9.62. The highest BCUT2D eigenvalue weighted by Gasteiger charge is 2.16. The van der Waals surface area contributed by atoms with Gasteiger partial charge in [-0.05, 0) is 7.05 Å². The molecule has 14 heavy (non-hydrogen) atoms. The van der Waals surface area contributed by atoms with Gasteiger partial charge in [-0.3, -0.25) is 4.90 Å². The summed E-state index contributed by atoms with van der Waals surface area (Å²) in [5, 5.41) is 8.29. The Morgan fingerprint density at radius 3 is 2.64 bits per heavy atom. The summed E-state index contributed by atoms with van der Waals surface area (Å²) in [7, 11) is 2.13. The number of hydrogen-bond acceptors (Lipinski definition) is 3. The molecule has 4 nitrogen and oxygen atoms in total. The first-order valence-electron chi connectivity index (χ1n) is 5.40. The number of rotatable bonds is 1. The molecule has 2 heterocycles.